The van der Waals surface area contributed by atoms with Gasteiger partial charge in [-0.1, -0.05) is 27.7 Å². The topological polar surface area (TPSA) is 23.6 Å². The Balaban J connectivity index is 2.70. The van der Waals surface area contributed by atoms with Crippen LogP contribution in [0.15, 0.2) is 15.2 Å². The normalized spacial score (nSPS) is 11.3. The van der Waals surface area contributed by atoms with E-state index in [9.17, 15) is 4.79 Å². The van der Waals surface area contributed by atoms with Crippen molar-refractivity contribution in [2.45, 2.75) is 27.7 Å². The van der Waals surface area contributed by atoms with Crippen molar-refractivity contribution in [1.29, 1.82) is 0 Å². The standard InChI is InChI=1S/C15H25BrN2OS/c1-5-17(6-2)7-8-18(10-12(3)4)15(19)13-9-14(16)20-11-13/h9,11-12H,5-8,10H2,1-4H3. The molecular weight excluding hydrogens is 336 g/mol. The lowest BCUT2D eigenvalue weighted by Gasteiger charge is -2.27. The fourth-order valence-electron chi connectivity index (χ4n) is 2.12. The van der Waals surface area contributed by atoms with Gasteiger partial charge >= 0.3 is 0 Å². The highest BCUT2D eigenvalue weighted by Crippen LogP contribution is 2.22. The molecule has 0 aliphatic rings. The van der Waals surface area contributed by atoms with E-state index in [4.69, 9.17) is 0 Å². The number of hydrogen-bond acceptors (Lipinski definition) is 3. The summed E-state index contributed by atoms with van der Waals surface area (Å²) in [5.74, 6) is 0.630. The molecule has 0 saturated carbocycles. The second-order valence-electron chi connectivity index (χ2n) is 5.31. The summed E-state index contributed by atoms with van der Waals surface area (Å²) in [4.78, 5) is 16.9. The number of carbonyl (C=O) groups is 1. The van der Waals surface area contributed by atoms with E-state index in [0.717, 1.165) is 42.1 Å². The summed E-state index contributed by atoms with van der Waals surface area (Å²) in [5.41, 5.74) is 0.794. The fourth-order valence-corrected chi connectivity index (χ4v) is 3.25. The molecule has 1 aromatic heterocycles. The van der Waals surface area contributed by atoms with Gasteiger partial charge in [0, 0.05) is 25.0 Å². The van der Waals surface area contributed by atoms with Crippen LogP contribution in [0.4, 0.5) is 0 Å². The Bertz CT molecular complexity index is 416. The van der Waals surface area contributed by atoms with Crippen molar-refractivity contribution < 1.29 is 4.79 Å². The molecule has 1 aromatic rings. The molecule has 20 heavy (non-hydrogen) atoms. The van der Waals surface area contributed by atoms with E-state index in [-0.39, 0.29) is 5.91 Å². The number of carbonyl (C=O) groups excluding carboxylic acids is 1. The van der Waals surface area contributed by atoms with Crippen LogP contribution in [-0.4, -0.2) is 48.4 Å². The number of amides is 1. The van der Waals surface area contributed by atoms with Gasteiger partial charge in [0.25, 0.3) is 5.91 Å². The summed E-state index contributed by atoms with van der Waals surface area (Å²) < 4.78 is 1.01. The van der Waals surface area contributed by atoms with Gasteiger partial charge in [0.05, 0.1) is 9.35 Å². The predicted molar refractivity (Wildman–Crippen MR) is 90.5 cm³/mol. The molecule has 0 aliphatic heterocycles. The second kappa shape index (κ2) is 8.80. The van der Waals surface area contributed by atoms with Crippen molar-refractivity contribution in [3.8, 4) is 0 Å². The Kier molecular flexibility index (Phi) is 7.77. The molecule has 1 amide bonds. The van der Waals surface area contributed by atoms with Crippen LogP contribution in [0.3, 0.4) is 0 Å². The number of rotatable bonds is 8. The van der Waals surface area contributed by atoms with E-state index in [1.165, 1.54) is 0 Å². The van der Waals surface area contributed by atoms with Crippen LogP contribution in [0.2, 0.25) is 0 Å². The third kappa shape index (κ3) is 5.54. The first-order valence-corrected chi connectivity index (χ1v) is 8.90. The zero-order chi connectivity index (χ0) is 15.1. The van der Waals surface area contributed by atoms with Gasteiger partial charge in [-0.3, -0.25) is 4.79 Å². The van der Waals surface area contributed by atoms with Crippen LogP contribution in [0, 0.1) is 5.92 Å². The summed E-state index contributed by atoms with van der Waals surface area (Å²) in [6, 6.07) is 1.91. The van der Waals surface area contributed by atoms with Crippen LogP contribution in [0.25, 0.3) is 0 Å². The number of thiophene rings is 1. The molecule has 0 saturated heterocycles. The molecule has 0 atom stereocenters. The zero-order valence-electron chi connectivity index (χ0n) is 12.9. The molecule has 3 nitrogen and oxygen atoms in total. The van der Waals surface area contributed by atoms with Crippen molar-refractivity contribution >= 4 is 33.2 Å². The van der Waals surface area contributed by atoms with Gasteiger partial charge in [0.2, 0.25) is 0 Å². The van der Waals surface area contributed by atoms with E-state index in [2.05, 4.69) is 48.5 Å². The maximum Gasteiger partial charge on any atom is 0.254 e. The molecule has 0 N–H and O–H groups in total. The molecule has 0 aromatic carbocycles. The molecule has 0 fully saturated rings. The zero-order valence-corrected chi connectivity index (χ0v) is 15.3. The van der Waals surface area contributed by atoms with E-state index >= 15 is 0 Å². The van der Waals surface area contributed by atoms with Crippen LogP contribution >= 0.6 is 27.3 Å². The average molecular weight is 361 g/mol. The first-order chi connectivity index (χ1) is 9.47. The minimum Gasteiger partial charge on any atom is -0.337 e. The van der Waals surface area contributed by atoms with Gasteiger partial charge in [-0.05, 0) is 41.0 Å². The van der Waals surface area contributed by atoms with Crippen LogP contribution in [0.5, 0.6) is 0 Å². The highest BCUT2D eigenvalue weighted by atomic mass is 79.9. The van der Waals surface area contributed by atoms with Crippen molar-refractivity contribution in [1.82, 2.24) is 9.80 Å². The Morgan fingerprint density at radius 3 is 2.40 bits per heavy atom. The van der Waals surface area contributed by atoms with Crippen LogP contribution in [0.1, 0.15) is 38.1 Å². The smallest absolute Gasteiger partial charge is 0.254 e. The average Bonchev–Trinajstić information content (AvgIpc) is 2.84. The number of nitrogens with zero attached hydrogens (tertiary/aromatic N) is 2. The molecule has 0 radical (unpaired) electrons. The van der Waals surface area contributed by atoms with Gasteiger partial charge in [0.1, 0.15) is 0 Å². The number of hydrogen-bond donors (Lipinski definition) is 0. The van der Waals surface area contributed by atoms with E-state index in [1.54, 1.807) is 11.3 Å². The van der Waals surface area contributed by atoms with Gasteiger partial charge in [-0.25, -0.2) is 0 Å². The highest BCUT2D eigenvalue weighted by Gasteiger charge is 2.18. The maximum absolute atomic E-state index is 12.6. The van der Waals surface area contributed by atoms with Crippen LogP contribution < -0.4 is 0 Å². The summed E-state index contributed by atoms with van der Waals surface area (Å²) in [6.45, 7) is 13.2. The first-order valence-electron chi connectivity index (χ1n) is 7.23. The number of halogens is 1. The van der Waals surface area contributed by atoms with Crippen LogP contribution in [-0.2, 0) is 0 Å². The lowest BCUT2D eigenvalue weighted by atomic mass is 10.2. The Morgan fingerprint density at radius 1 is 1.30 bits per heavy atom. The van der Waals surface area contributed by atoms with E-state index < -0.39 is 0 Å². The molecule has 114 valence electrons. The summed E-state index contributed by atoms with van der Waals surface area (Å²) >= 11 is 4.99. The molecule has 0 bridgehead atoms. The third-order valence-electron chi connectivity index (χ3n) is 3.27. The maximum atomic E-state index is 12.6. The molecule has 1 heterocycles. The van der Waals surface area contributed by atoms with Crippen molar-refractivity contribution in [2.24, 2.45) is 5.92 Å². The molecule has 5 heteroatoms. The van der Waals surface area contributed by atoms with Gasteiger partial charge in [-0.2, -0.15) is 0 Å². The summed E-state index contributed by atoms with van der Waals surface area (Å²) in [7, 11) is 0. The molecule has 0 spiro atoms. The van der Waals surface area contributed by atoms with Crippen molar-refractivity contribution in [3.05, 3.63) is 20.8 Å². The van der Waals surface area contributed by atoms with Crippen molar-refractivity contribution in [2.75, 3.05) is 32.7 Å². The van der Waals surface area contributed by atoms with E-state index in [1.807, 2.05) is 16.3 Å². The Labute approximate surface area is 135 Å². The fraction of sp³-hybridized carbons (Fsp3) is 0.667. The summed E-state index contributed by atoms with van der Waals surface area (Å²) in [6.07, 6.45) is 0. The quantitative estimate of drug-likeness (QED) is 0.700. The molecule has 1 rings (SSSR count). The molecular formula is C15H25BrN2OS. The minimum atomic E-state index is 0.146. The third-order valence-corrected chi connectivity index (χ3v) is 4.77. The number of likely N-dealkylation sites (N-methyl/N-ethyl adjacent to an activating group) is 1. The lowest BCUT2D eigenvalue weighted by molar-refractivity contribution is 0.0717. The SMILES string of the molecule is CCN(CC)CCN(CC(C)C)C(=O)c1csc(Br)c1. The highest BCUT2D eigenvalue weighted by molar-refractivity contribution is 9.11. The van der Waals surface area contributed by atoms with Gasteiger partial charge < -0.3 is 9.80 Å². The molecule has 0 unspecified atom stereocenters. The summed E-state index contributed by atoms with van der Waals surface area (Å²) in [5, 5.41) is 1.93. The van der Waals surface area contributed by atoms with Crippen molar-refractivity contribution in [3.63, 3.8) is 0 Å². The monoisotopic (exact) mass is 360 g/mol. The Hall–Kier alpha value is -0.390. The van der Waals surface area contributed by atoms with Gasteiger partial charge in [-0.15, -0.1) is 11.3 Å². The van der Waals surface area contributed by atoms with E-state index in [0.29, 0.717) is 5.92 Å². The largest absolute Gasteiger partial charge is 0.337 e. The Morgan fingerprint density at radius 2 is 1.95 bits per heavy atom. The first kappa shape index (κ1) is 17.7. The van der Waals surface area contributed by atoms with Gasteiger partial charge in [0.15, 0.2) is 0 Å². The predicted octanol–water partition coefficient (Wildman–Crippen LogP) is 3.95. The lowest BCUT2D eigenvalue weighted by Crippen LogP contribution is -2.40. The second-order valence-corrected chi connectivity index (χ2v) is 7.60. The minimum absolute atomic E-state index is 0.146. The molecule has 0 aliphatic carbocycles.